The van der Waals surface area contributed by atoms with Gasteiger partial charge in [0.05, 0.1) is 11.2 Å². The predicted molar refractivity (Wildman–Crippen MR) is 94.5 cm³/mol. The van der Waals surface area contributed by atoms with E-state index >= 15 is 0 Å². The van der Waals surface area contributed by atoms with Gasteiger partial charge in [-0.15, -0.1) is 0 Å². The van der Waals surface area contributed by atoms with Gasteiger partial charge in [0.1, 0.15) is 0 Å². The van der Waals surface area contributed by atoms with Crippen molar-refractivity contribution in [2.75, 3.05) is 0 Å². The Morgan fingerprint density at radius 2 is 1.59 bits per heavy atom. The number of hydrogen-bond donors (Lipinski definition) is 0. The molecule has 1 saturated heterocycles. The molecule has 22 heavy (non-hydrogen) atoms. The van der Waals surface area contributed by atoms with Gasteiger partial charge in [-0.25, -0.2) is 0 Å². The van der Waals surface area contributed by atoms with Gasteiger partial charge in [-0.05, 0) is 57.6 Å². The highest BCUT2D eigenvalue weighted by Crippen LogP contribution is 2.38. The molecular formula is C19H27BO2. The first-order valence-electron chi connectivity index (χ1n) is 8.02. The normalized spacial score (nSPS) is 22.3. The Morgan fingerprint density at radius 3 is 2.09 bits per heavy atom. The van der Waals surface area contributed by atoms with Crippen LogP contribution in [0, 0.1) is 5.92 Å². The summed E-state index contributed by atoms with van der Waals surface area (Å²) in [5, 5.41) is 0. The molecule has 1 aliphatic heterocycles. The minimum Gasteiger partial charge on any atom is -0.400 e. The monoisotopic (exact) mass is 298 g/mol. The van der Waals surface area contributed by atoms with Crippen LogP contribution in [0.5, 0.6) is 0 Å². The molecule has 1 aromatic rings. The smallest absolute Gasteiger partial charge is 0.400 e. The maximum atomic E-state index is 6.12. The highest BCUT2D eigenvalue weighted by molar-refractivity contribution is 6.53. The lowest BCUT2D eigenvalue weighted by atomic mass is 9.80. The zero-order chi connectivity index (χ0) is 16.4. The number of benzene rings is 1. The zero-order valence-electron chi connectivity index (χ0n) is 14.6. The van der Waals surface area contributed by atoms with Crippen molar-refractivity contribution in [3.63, 3.8) is 0 Å². The first-order valence-corrected chi connectivity index (χ1v) is 8.02. The molecule has 1 heterocycles. The quantitative estimate of drug-likeness (QED) is 0.580. The molecule has 0 radical (unpaired) electrons. The Kier molecular flexibility index (Phi) is 4.98. The molecule has 0 saturated carbocycles. The van der Waals surface area contributed by atoms with E-state index in [1.807, 2.05) is 13.0 Å². The first-order chi connectivity index (χ1) is 10.3. The van der Waals surface area contributed by atoms with Crippen molar-refractivity contribution in [3.8, 4) is 0 Å². The second kappa shape index (κ2) is 6.43. The van der Waals surface area contributed by atoms with Gasteiger partial charge in [0, 0.05) is 0 Å². The van der Waals surface area contributed by atoms with E-state index in [-0.39, 0.29) is 18.3 Å². The van der Waals surface area contributed by atoms with Gasteiger partial charge in [-0.2, -0.15) is 0 Å². The largest absolute Gasteiger partial charge is 0.487 e. The van der Waals surface area contributed by atoms with Crippen LogP contribution in [-0.2, 0) is 9.31 Å². The van der Waals surface area contributed by atoms with Gasteiger partial charge < -0.3 is 9.31 Å². The highest BCUT2D eigenvalue weighted by Gasteiger charge is 2.50. The lowest BCUT2D eigenvalue weighted by Crippen LogP contribution is -2.41. The van der Waals surface area contributed by atoms with Crippen molar-refractivity contribution in [3.05, 3.63) is 54.0 Å². The minimum atomic E-state index is -0.312. The van der Waals surface area contributed by atoms with E-state index in [1.54, 1.807) is 0 Å². The Bertz CT molecular complexity index is 542. The van der Waals surface area contributed by atoms with Crippen LogP contribution < -0.4 is 0 Å². The van der Waals surface area contributed by atoms with Crippen LogP contribution in [0.25, 0.3) is 5.57 Å². The van der Waals surface area contributed by atoms with E-state index < -0.39 is 0 Å². The maximum absolute atomic E-state index is 6.12. The molecule has 3 heteroatoms. The summed E-state index contributed by atoms with van der Waals surface area (Å²) in [6, 6.07) is 10.4. The fourth-order valence-electron chi connectivity index (χ4n) is 2.64. The van der Waals surface area contributed by atoms with Crippen molar-refractivity contribution in [1.82, 2.24) is 0 Å². The summed E-state index contributed by atoms with van der Waals surface area (Å²) >= 11 is 0. The maximum Gasteiger partial charge on any atom is 0.487 e. The second-order valence-corrected chi connectivity index (χ2v) is 6.93. The molecule has 1 atom stereocenters. The van der Waals surface area contributed by atoms with Crippen molar-refractivity contribution in [2.24, 2.45) is 5.92 Å². The zero-order valence-corrected chi connectivity index (χ0v) is 14.6. The molecule has 1 aliphatic rings. The summed E-state index contributed by atoms with van der Waals surface area (Å²) in [4.78, 5) is 0. The minimum absolute atomic E-state index is 0.306. The van der Waals surface area contributed by atoms with Gasteiger partial charge in [-0.1, -0.05) is 49.4 Å². The van der Waals surface area contributed by atoms with E-state index in [9.17, 15) is 0 Å². The van der Waals surface area contributed by atoms with Gasteiger partial charge in [0.2, 0.25) is 0 Å². The van der Waals surface area contributed by atoms with Crippen LogP contribution in [0.2, 0.25) is 0 Å². The molecule has 1 aromatic carbocycles. The summed E-state index contributed by atoms with van der Waals surface area (Å²) < 4.78 is 12.2. The lowest BCUT2D eigenvalue weighted by molar-refractivity contribution is 0.00578. The summed E-state index contributed by atoms with van der Waals surface area (Å²) in [6.45, 7) is 12.6. The molecule has 0 aromatic heterocycles. The van der Waals surface area contributed by atoms with Crippen LogP contribution in [0.3, 0.4) is 0 Å². The predicted octanol–water partition coefficient (Wildman–Crippen LogP) is 4.91. The van der Waals surface area contributed by atoms with Crippen LogP contribution in [0.15, 0.2) is 48.5 Å². The van der Waals surface area contributed by atoms with E-state index in [1.165, 1.54) is 11.1 Å². The number of rotatable bonds is 4. The Labute approximate surface area is 135 Å². The lowest BCUT2D eigenvalue weighted by Gasteiger charge is -2.32. The summed E-state index contributed by atoms with van der Waals surface area (Å²) in [7, 11) is -0.312. The molecular weight excluding hydrogens is 271 g/mol. The summed E-state index contributed by atoms with van der Waals surface area (Å²) in [5.74, 6) is 2.43. The average Bonchev–Trinajstić information content (AvgIpc) is 2.65. The fraction of sp³-hybridized carbons (Fsp3) is 0.474. The van der Waals surface area contributed by atoms with Gasteiger partial charge in [0.15, 0.2) is 0 Å². The molecule has 0 spiro atoms. The topological polar surface area (TPSA) is 18.5 Å². The van der Waals surface area contributed by atoms with Crippen LogP contribution >= 0.6 is 0 Å². The van der Waals surface area contributed by atoms with Crippen molar-refractivity contribution < 1.29 is 9.31 Å². The first kappa shape index (κ1) is 17.0. The molecule has 0 bridgehead atoms. The molecule has 1 unspecified atom stereocenters. The molecule has 0 amide bonds. The number of allylic oxidation sites excluding steroid dienone is 3. The van der Waals surface area contributed by atoms with Crippen LogP contribution in [0.1, 0.15) is 47.1 Å². The third kappa shape index (κ3) is 3.53. The molecule has 2 rings (SSSR count). The van der Waals surface area contributed by atoms with E-state index in [2.05, 4.69) is 77.0 Å². The summed E-state index contributed by atoms with van der Waals surface area (Å²) in [6.07, 6.45) is 4.29. The highest BCUT2D eigenvalue weighted by atomic mass is 16.7. The third-order valence-corrected chi connectivity index (χ3v) is 4.67. The molecule has 0 N–H and O–H groups in total. The van der Waals surface area contributed by atoms with Gasteiger partial charge >= 0.3 is 7.12 Å². The molecule has 0 aliphatic carbocycles. The van der Waals surface area contributed by atoms with Crippen LogP contribution in [-0.4, -0.2) is 18.3 Å². The Morgan fingerprint density at radius 1 is 1.05 bits per heavy atom. The van der Waals surface area contributed by atoms with Crippen molar-refractivity contribution >= 4 is 12.7 Å². The van der Waals surface area contributed by atoms with Crippen molar-refractivity contribution in [2.45, 2.75) is 52.7 Å². The summed E-state index contributed by atoms with van der Waals surface area (Å²) in [5.41, 5.74) is 1.83. The second-order valence-electron chi connectivity index (χ2n) is 6.93. The molecule has 2 nitrogen and oxygen atoms in total. The standard InChI is InChI=1S/C19H27BO2/c1-7-11-15(2)17(16-12-9-8-10-13-16)14-20-21-18(3,4)19(5,6)22-20/h7-15H,1-6H3/b11-7+,17-14+. The van der Waals surface area contributed by atoms with Crippen molar-refractivity contribution in [1.29, 1.82) is 0 Å². The van der Waals surface area contributed by atoms with E-state index in [0.717, 1.165) is 0 Å². The number of hydrogen-bond acceptors (Lipinski definition) is 2. The SMILES string of the molecule is C/C=C/C(C)/C(=C\B1OC(C)(C)C(C)(C)O1)c1ccccc1. The van der Waals surface area contributed by atoms with E-state index in [0.29, 0.717) is 5.92 Å². The fourth-order valence-corrected chi connectivity index (χ4v) is 2.64. The van der Waals surface area contributed by atoms with Gasteiger partial charge in [0.25, 0.3) is 0 Å². The third-order valence-electron chi connectivity index (χ3n) is 4.67. The Balaban J connectivity index is 2.34. The van der Waals surface area contributed by atoms with Crippen LogP contribution in [0.4, 0.5) is 0 Å². The van der Waals surface area contributed by atoms with Gasteiger partial charge in [-0.3, -0.25) is 0 Å². The Hall–Kier alpha value is -1.32. The molecule has 118 valence electrons. The molecule has 1 fully saturated rings. The average molecular weight is 298 g/mol. The van der Waals surface area contributed by atoms with E-state index in [4.69, 9.17) is 9.31 Å².